The predicted octanol–water partition coefficient (Wildman–Crippen LogP) is -0.312. The Balaban J connectivity index is 2.28. The maximum Gasteiger partial charge on any atom is 0.390 e. The van der Waals surface area contributed by atoms with Gasteiger partial charge < -0.3 is 20.9 Å². The highest BCUT2D eigenvalue weighted by Gasteiger charge is 2.47. The SMILES string of the molecule is CC1(CC(F)(F)F)CC(=O)NCC(=O)NCC(=O)NC2CCCN(C2)C1=O. The lowest BCUT2D eigenvalue weighted by molar-refractivity contribution is -0.175. The van der Waals surface area contributed by atoms with Crippen molar-refractivity contribution in [3.63, 3.8) is 0 Å². The van der Waals surface area contributed by atoms with Crippen LogP contribution in [0.2, 0.25) is 0 Å². The summed E-state index contributed by atoms with van der Waals surface area (Å²) in [4.78, 5) is 49.8. The number of halogens is 3. The van der Waals surface area contributed by atoms with Gasteiger partial charge in [-0.15, -0.1) is 0 Å². The van der Waals surface area contributed by atoms with Gasteiger partial charge in [0.15, 0.2) is 0 Å². The number of alkyl halides is 3. The van der Waals surface area contributed by atoms with Crippen molar-refractivity contribution < 1.29 is 32.3 Å². The zero-order valence-electron chi connectivity index (χ0n) is 14.9. The number of hydrogen-bond acceptors (Lipinski definition) is 4. The van der Waals surface area contributed by atoms with Crippen molar-refractivity contribution in [1.82, 2.24) is 20.9 Å². The number of piperidine rings is 1. The molecule has 2 aliphatic rings. The van der Waals surface area contributed by atoms with E-state index in [1.807, 2.05) is 0 Å². The molecule has 8 nitrogen and oxygen atoms in total. The van der Waals surface area contributed by atoms with Crippen LogP contribution in [-0.4, -0.2) is 66.9 Å². The first-order chi connectivity index (χ1) is 12.5. The van der Waals surface area contributed by atoms with Crippen molar-refractivity contribution in [2.75, 3.05) is 26.2 Å². The fourth-order valence-corrected chi connectivity index (χ4v) is 3.43. The molecule has 27 heavy (non-hydrogen) atoms. The first kappa shape index (κ1) is 21.0. The molecule has 0 aromatic carbocycles. The summed E-state index contributed by atoms with van der Waals surface area (Å²) in [6, 6.07) is -0.418. The van der Waals surface area contributed by atoms with E-state index < -0.39 is 60.6 Å². The van der Waals surface area contributed by atoms with E-state index in [-0.39, 0.29) is 19.6 Å². The molecule has 0 radical (unpaired) electrons. The lowest BCUT2D eigenvalue weighted by Crippen LogP contribution is -2.56. The summed E-state index contributed by atoms with van der Waals surface area (Å²) in [5.41, 5.74) is -1.99. The van der Waals surface area contributed by atoms with Crippen LogP contribution in [0.3, 0.4) is 0 Å². The average Bonchev–Trinajstić information content (AvgIpc) is 2.55. The molecule has 2 heterocycles. The summed E-state index contributed by atoms with van der Waals surface area (Å²) in [7, 11) is 0. The Bertz CT molecular complexity index is 625. The fraction of sp³-hybridized carbons (Fsp3) is 0.750. The molecular formula is C16H23F3N4O4. The van der Waals surface area contributed by atoms with E-state index in [0.717, 1.165) is 6.92 Å². The lowest BCUT2D eigenvalue weighted by Gasteiger charge is -2.39. The first-order valence-corrected chi connectivity index (χ1v) is 8.67. The summed E-state index contributed by atoms with van der Waals surface area (Å²) >= 11 is 0. The quantitative estimate of drug-likeness (QED) is 0.569. The highest BCUT2D eigenvalue weighted by Crippen LogP contribution is 2.38. The minimum Gasteiger partial charge on any atom is -0.350 e. The van der Waals surface area contributed by atoms with Gasteiger partial charge >= 0.3 is 6.18 Å². The van der Waals surface area contributed by atoms with Gasteiger partial charge in [-0.3, -0.25) is 19.2 Å². The maximum atomic E-state index is 13.1. The van der Waals surface area contributed by atoms with Gasteiger partial charge in [-0.25, -0.2) is 0 Å². The van der Waals surface area contributed by atoms with E-state index in [1.54, 1.807) is 0 Å². The van der Waals surface area contributed by atoms with E-state index in [0.29, 0.717) is 12.8 Å². The van der Waals surface area contributed by atoms with Crippen molar-refractivity contribution in [3.8, 4) is 0 Å². The third-order valence-corrected chi connectivity index (χ3v) is 4.62. The fourth-order valence-electron chi connectivity index (χ4n) is 3.43. The number of hydrogen-bond donors (Lipinski definition) is 3. The smallest absolute Gasteiger partial charge is 0.350 e. The Morgan fingerprint density at radius 1 is 1.07 bits per heavy atom. The molecule has 3 N–H and O–H groups in total. The third-order valence-electron chi connectivity index (χ3n) is 4.62. The minimum atomic E-state index is -4.64. The number of rotatable bonds is 1. The van der Waals surface area contributed by atoms with Crippen LogP contribution >= 0.6 is 0 Å². The van der Waals surface area contributed by atoms with Gasteiger partial charge in [0, 0.05) is 25.6 Å². The molecule has 0 aromatic heterocycles. The van der Waals surface area contributed by atoms with Gasteiger partial charge in [-0.2, -0.15) is 13.2 Å². The summed E-state index contributed by atoms with van der Waals surface area (Å²) in [5, 5.41) is 7.19. The molecule has 11 heteroatoms. The molecule has 0 aromatic rings. The molecule has 0 spiro atoms. The van der Waals surface area contributed by atoms with Gasteiger partial charge in [0.1, 0.15) is 0 Å². The van der Waals surface area contributed by atoms with E-state index in [1.165, 1.54) is 4.90 Å². The molecule has 0 aliphatic carbocycles. The van der Waals surface area contributed by atoms with Gasteiger partial charge in [0.25, 0.3) is 0 Å². The number of carbonyl (C=O) groups excluding carboxylic acids is 4. The molecule has 2 bridgehead atoms. The van der Waals surface area contributed by atoms with Crippen LogP contribution in [0.1, 0.15) is 32.6 Å². The molecule has 152 valence electrons. The number of amides is 4. The molecule has 2 unspecified atom stereocenters. The van der Waals surface area contributed by atoms with E-state index >= 15 is 0 Å². The molecule has 2 fully saturated rings. The third kappa shape index (κ3) is 6.10. The summed E-state index contributed by atoms with van der Waals surface area (Å²) in [5.74, 6) is -2.73. The van der Waals surface area contributed by atoms with Crippen molar-refractivity contribution >= 4 is 23.6 Å². The Morgan fingerprint density at radius 3 is 2.37 bits per heavy atom. The maximum absolute atomic E-state index is 13.1. The van der Waals surface area contributed by atoms with E-state index in [2.05, 4.69) is 16.0 Å². The lowest BCUT2D eigenvalue weighted by atomic mass is 9.80. The van der Waals surface area contributed by atoms with Crippen molar-refractivity contribution in [2.24, 2.45) is 5.41 Å². The zero-order valence-corrected chi connectivity index (χ0v) is 14.9. The summed E-state index contributed by atoms with van der Waals surface area (Å²) in [6.07, 6.45) is -5.70. The normalized spacial score (nSPS) is 28.7. The van der Waals surface area contributed by atoms with Crippen LogP contribution in [0.15, 0.2) is 0 Å². The molecule has 0 saturated carbocycles. The van der Waals surface area contributed by atoms with Crippen LogP contribution < -0.4 is 16.0 Å². The number of carbonyl (C=O) groups is 4. The summed E-state index contributed by atoms with van der Waals surface area (Å²) < 4.78 is 39.2. The molecule has 2 rings (SSSR count). The van der Waals surface area contributed by atoms with Gasteiger partial charge in [-0.1, -0.05) is 0 Å². The Kier molecular flexibility index (Phi) is 6.32. The van der Waals surface area contributed by atoms with E-state index in [9.17, 15) is 32.3 Å². The molecule has 2 saturated heterocycles. The van der Waals surface area contributed by atoms with Crippen LogP contribution in [0, 0.1) is 5.41 Å². The van der Waals surface area contributed by atoms with Crippen LogP contribution in [0.25, 0.3) is 0 Å². The first-order valence-electron chi connectivity index (χ1n) is 8.67. The number of nitrogens with zero attached hydrogens (tertiary/aromatic N) is 1. The van der Waals surface area contributed by atoms with Crippen LogP contribution in [0.5, 0.6) is 0 Å². The van der Waals surface area contributed by atoms with Crippen molar-refractivity contribution in [3.05, 3.63) is 0 Å². The van der Waals surface area contributed by atoms with Crippen LogP contribution in [-0.2, 0) is 19.2 Å². The predicted molar refractivity (Wildman–Crippen MR) is 87.2 cm³/mol. The average molecular weight is 392 g/mol. The molecule has 2 aliphatic heterocycles. The highest BCUT2D eigenvalue weighted by atomic mass is 19.4. The monoisotopic (exact) mass is 392 g/mol. The second-order valence-electron chi connectivity index (χ2n) is 7.24. The van der Waals surface area contributed by atoms with Gasteiger partial charge in [-0.05, 0) is 19.8 Å². The van der Waals surface area contributed by atoms with Gasteiger partial charge in [0.05, 0.1) is 24.9 Å². The Morgan fingerprint density at radius 2 is 1.70 bits per heavy atom. The minimum absolute atomic E-state index is 0.0631. The molecule has 4 amide bonds. The standard InChI is InChI=1S/C16H23F3N4O4/c1-15(9-16(17,18)19)5-11(24)20-6-12(25)21-7-13(26)22-10-3-2-4-23(8-10)14(15)27/h10H,2-9H2,1H3,(H,20,24)(H,21,25)(H,22,26). The van der Waals surface area contributed by atoms with Crippen molar-refractivity contribution in [1.29, 1.82) is 0 Å². The second kappa shape index (κ2) is 8.13. The second-order valence-corrected chi connectivity index (χ2v) is 7.24. The largest absolute Gasteiger partial charge is 0.390 e. The molecule has 2 atom stereocenters. The Labute approximate surface area is 154 Å². The Hall–Kier alpha value is -2.33. The van der Waals surface area contributed by atoms with E-state index in [4.69, 9.17) is 0 Å². The van der Waals surface area contributed by atoms with Crippen molar-refractivity contribution in [2.45, 2.75) is 44.8 Å². The highest BCUT2D eigenvalue weighted by molar-refractivity contribution is 5.92. The van der Waals surface area contributed by atoms with Gasteiger partial charge in [0.2, 0.25) is 23.6 Å². The molecular weight excluding hydrogens is 369 g/mol. The number of fused-ring (bicyclic) bond motifs is 2. The van der Waals surface area contributed by atoms with Crippen LogP contribution in [0.4, 0.5) is 13.2 Å². The summed E-state index contributed by atoms with van der Waals surface area (Å²) in [6.45, 7) is 0.654. The number of nitrogens with one attached hydrogen (secondary N) is 3. The zero-order chi connectivity index (χ0) is 20.2. The topological polar surface area (TPSA) is 108 Å².